The third-order valence-corrected chi connectivity index (χ3v) is 6.47. The maximum absolute atomic E-state index is 12.7. The largest absolute Gasteiger partial charge is 0.494 e. The summed E-state index contributed by atoms with van der Waals surface area (Å²) < 4.78 is 37.5. The number of sulfonamides is 1. The Morgan fingerprint density at radius 1 is 1.00 bits per heavy atom. The van der Waals surface area contributed by atoms with E-state index < -0.39 is 15.9 Å². The molecule has 0 saturated carbocycles. The first-order valence-electron chi connectivity index (χ1n) is 9.92. The minimum atomic E-state index is -3.72. The van der Waals surface area contributed by atoms with Gasteiger partial charge in [0.2, 0.25) is 15.9 Å². The van der Waals surface area contributed by atoms with Crippen molar-refractivity contribution in [1.29, 1.82) is 0 Å². The molecule has 0 aliphatic carbocycles. The molecule has 31 heavy (non-hydrogen) atoms. The van der Waals surface area contributed by atoms with Gasteiger partial charge in [0, 0.05) is 25.1 Å². The van der Waals surface area contributed by atoms with Crippen LogP contribution in [0.15, 0.2) is 59.5 Å². The van der Waals surface area contributed by atoms with Crippen LogP contribution in [0.4, 0.5) is 0 Å². The smallest absolute Gasteiger partial charge is 0.269 e. The van der Waals surface area contributed by atoms with Crippen LogP contribution in [0.25, 0.3) is 0 Å². The second-order valence-corrected chi connectivity index (χ2v) is 8.75. The van der Waals surface area contributed by atoms with Crippen molar-refractivity contribution in [1.82, 2.24) is 15.2 Å². The van der Waals surface area contributed by atoms with Gasteiger partial charge in [0.05, 0.1) is 24.7 Å². The molecule has 1 aliphatic rings. The zero-order valence-corrected chi connectivity index (χ0v) is 17.8. The highest BCUT2D eigenvalue weighted by molar-refractivity contribution is 7.89. The van der Waals surface area contributed by atoms with Crippen LogP contribution in [0.1, 0.15) is 23.2 Å². The van der Waals surface area contributed by atoms with E-state index in [0.29, 0.717) is 26.2 Å². The molecule has 0 spiro atoms. The van der Waals surface area contributed by atoms with Gasteiger partial charge in [-0.3, -0.25) is 20.4 Å². The molecule has 0 radical (unpaired) electrons. The number of amides is 2. The summed E-state index contributed by atoms with van der Waals surface area (Å²) in [5.41, 5.74) is 4.77. The molecule has 166 valence electrons. The Morgan fingerprint density at radius 2 is 1.74 bits per heavy atom. The number of morpholine rings is 1. The molecule has 3 rings (SSSR count). The standard InChI is InChI=1S/C21H25N3O6S/c25-20(10-5-13-30-18-7-2-1-3-8-18)22-23-21(26)17-6-4-9-19(16-17)31(27,28)24-11-14-29-15-12-24/h1-4,6-9,16H,5,10-15H2,(H,22,25)(H,23,26). The van der Waals surface area contributed by atoms with Crippen molar-refractivity contribution in [3.8, 4) is 5.75 Å². The van der Waals surface area contributed by atoms with E-state index in [4.69, 9.17) is 9.47 Å². The van der Waals surface area contributed by atoms with Crippen LogP contribution in [0.2, 0.25) is 0 Å². The van der Waals surface area contributed by atoms with Crippen LogP contribution in [0.3, 0.4) is 0 Å². The molecule has 10 heteroatoms. The topological polar surface area (TPSA) is 114 Å². The van der Waals surface area contributed by atoms with E-state index in [1.54, 1.807) is 0 Å². The van der Waals surface area contributed by atoms with Gasteiger partial charge in [-0.05, 0) is 36.8 Å². The van der Waals surface area contributed by atoms with Gasteiger partial charge in [0.1, 0.15) is 5.75 Å². The van der Waals surface area contributed by atoms with E-state index in [1.165, 1.54) is 28.6 Å². The number of hydrogen-bond acceptors (Lipinski definition) is 6. The van der Waals surface area contributed by atoms with E-state index in [0.717, 1.165) is 5.75 Å². The predicted octanol–water partition coefficient (Wildman–Crippen LogP) is 1.33. The molecule has 1 saturated heterocycles. The highest BCUT2D eigenvalue weighted by Crippen LogP contribution is 2.18. The highest BCUT2D eigenvalue weighted by Gasteiger charge is 2.26. The number of para-hydroxylation sites is 1. The van der Waals surface area contributed by atoms with Crippen LogP contribution in [0.5, 0.6) is 5.75 Å². The lowest BCUT2D eigenvalue weighted by Gasteiger charge is -2.26. The minimum Gasteiger partial charge on any atom is -0.494 e. The first-order valence-corrected chi connectivity index (χ1v) is 11.4. The van der Waals surface area contributed by atoms with Crippen LogP contribution in [-0.2, 0) is 19.6 Å². The van der Waals surface area contributed by atoms with Crippen molar-refractivity contribution < 1.29 is 27.5 Å². The van der Waals surface area contributed by atoms with Crippen molar-refractivity contribution in [3.05, 3.63) is 60.2 Å². The normalized spacial score (nSPS) is 14.6. The van der Waals surface area contributed by atoms with Gasteiger partial charge in [-0.2, -0.15) is 4.31 Å². The summed E-state index contributed by atoms with van der Waals surface area (Å²) in [6.45, 7) is 1.57. The summed E-state index contributed by atoms with van der Waals surface area (Å²) in [5.74, 6) is -0.252. The van der Waals surface area contributed by atoms with Crippen molar-refractivity contribution in [3.63, 3.8) is 0 Å². The molecule has 2 amide bonds. The molecule has 1 heterocycles. The molecule has 2 aromatic carbocycles. The molecular weight excluding hydrogens is 422 g/mol. The average Bonchev–Trinajstić information content (AvgIpc) is 2.81. The number of carbonyl (C=O) groups is 2. The van der Waals surface area contributed by atoms with Gasteiger partial charge in [-0.25, -0.2) is 8.42 Å². The van der Waals surface area contributed by atoms with Crippen molar-refractivity contribution in [2.45, 2.75) is 17.7 Å². The summed E-state index contributed by atoms with van der Waals surface area (Å²) in [6, 6.07) is 15.0. The lowest BCUT2D eigenvalue weighted by molar-refractivity contribution is -0.122. The summed E-state index contributed by atoms with van der Waals surface area (Å²) in [5, 5.41) is 0. The van der Waals surface area contributed by atoms with Gasteiger partial charge in [-0.15, -0.1) is 0 Å². The fraction of sp³-hybridized carbons (Fsp3) is 0.333. The number of nitrogens with one attached hydrogen (secondary N) is 2. The van der Waals surface area contributed by atoms with E-state index >= 15 is 0 Å². The molecule has 0 atom stereocenters. The average molecular weight is 448 g/mol. The third kappa shape index (κ3) is 6.51. The quantitative estimate of drug-likeness (QED) is 0.466. The Morgan fingerprint density at radius 3 is 2.48 bits per heavy atom. The van der Waals surface area contributed by atoms with E-state index in [9.17, 15) is 18.0 Å². The highest BCUT2D eigenvalue weighted by atomic mass is 32.2. The van der Waals surface area contributed by atoms with Gasteiger partial charge in [0.25, 0.3) is 5.91 Å². The second-order valence-electron chi connectivity index (χ2n) is 6.81. The van der Waals surface area contributed by atoms with Gasteiger partial charge < -0.3 is 9.47 Å². The summed E-state index contributed by atoms with van der Waals surface area (Å²) in [6.07, 6.45) is 0.641. The first-order chi connectivity index (χ1) is 15.0. The Hall–Kier alpha value is -2.95. The zero-order valence-electron chi connectivity index (χ0n) is 17.0. The van der Waals surface area contributed by atoms with Crippen LogP contribution >= 0.6 is 0 Å². The summed E-state index contributed by atoms with van der Waals surface area (Å²) >= 11 is 0. The summed E-state index contributed by atoms with van der Waals surface area (Å²) in [4.78, 5) is 24.3. The maximum atomic E-state index is 12.7. The molecule has 0 unspecified atom stereocenters. The number of rotatable bonds is 8. The molecule has 2 aromatic rings. The lowest BCUT2D eigenvalue weighted by atomic mass is 10.2. The molecule has 0 aromatic heterocycles. The number of ether oxygens (including phenoxy) is 2. The van der Waals surface area contributed by atoms with Gasteiger partial charge >= 0.3 is 0 Å². The van der Waals surface area contributed by atoms with Gasteiger partial charge in [-0.1, -0.05) is 24.3 Å². The number of nitrogens with zero attached hydrogens (tertiary/aromatic N) is 1. The molecule has 1 fully saturated rings. The first kappa shape index (κ1) is 22.7. The Bertz CT molecular complexity index is 991. The number of carbonyl (C=O) groups excluding carboxylic acids is 2. The number of hydrazine groups is 1. The maximum Gasteiger partial charge on any atom is 0.269 e. The third-order valence-electron chi connectivity index (χ3n) is 4.58. The fourth-order valence-electron chi connectivity index (χ4n) is 2.93. The fourth-order valence-corrected chi connectivity index (χ4v) is 4.39. The Labute approximate surface area is 181 Å². The van der Waals surface area contributed by atoms with Crippen LogP contribution in [0, 0.1) is 0 Å². The SMILES string of the molecule is O=C(CCCOc1ccccc1)NNC(=O)c1cccc(S(=O)(=O)N2CCOCC2)c1. The molecule has 1 aliphatic heterocycles. The molecule has 0 bridgehead atoms. The van der Waals surface area contributed by atoms with Crippen molar-refractivity contribution in [2.24, 2.45) is 0 Å². The predicted molar refractivity (Wildman–Crippen MR) is 113 cm³/mol. The summed E-state index contributed by atoms with van der Waals surface area (Å²) in [7, 11) is -3.72. The zero-order chi connectivity index (χ0) is 22.1. The van der Waals surface area contributed by atoms with E-state index in [2.05, 4.69) is 10.9 Å². The lowest BCUT2D eigenvalue weighted by Crippen LogP contribution is -2.42. The van der Waals surface area contributed by atoms with Crippen LogP contribution < -0.4 is 15.6 Å². The monoisotopic (exact) mass is 447 g/mol. The van der Waals surface area contributed by atoms with E-state index in [1.807, 2.05) is 30.3 Å². The van der Waals surface area contributed by atoms with Crippen molar-refractivity contribution >= 4 is 21.8 Å². The number of benzene rings is 2. The van der Waals surface area contributed by atoms with E-state index in [-0.39, 0.29) is 35.9 Å². The van der Waals surface area contributed by atoms with Crippen LogP contribution in [-0.4, -0.2) is 57.4 Å². The molecule has 9 nitrogen and oxygen atoms in total. The van der Waals surface area contributed by atoms with Gasteiger partial charge in [0.15, 0.2) is 0 Å². The molecular formula is C21H25N3O6S. The number of hydrogen-bond donors (Lipinski definition) is 2. The van der Waals surface area contributed by atoms with Crippen molar-refractivity contribution in [2.75, 3.05) is 32.9 Å². The Kier molecular flexibility index (Phi) is 7.99. The Balaban J connectivity index is 1.47. The molecule has 2 N–H and O–H groups in total. The second kappa shape index (κ2) is 10.9. The minimum absolute atomic E-state index is 0.0198.